The minimum Gasteiger partial charge on any atom is -0.395 e. The first-order chi connectivity index (χ1) is 9.22. The summed E-state index contributed by atoms with van der Waals surface area (Å²) in [6.45, 7) is 3.14. The lowest BCUT2D eigenvalue weighted by atomic mass is 10.2. The highest BCUT2D eigenvalue weighted by atomic mass is 16.3. The second-order valence-corrected chi connectivity index (χ2v) is 3.98. The Labute approximate surface area is 113 Å². The van der Waals surface area contributed by atoms with E-state index in [1.165, 1.54) is 6.20 Å². The van der Waals surface area contributed by atoms with Gasteiger partial charge in [0.15, 0.2) is 0 Å². The summed E-state index contributed by atoms with van der Waals surface area (Å²) in [5.74, 6) is 5.43. The van der Waals surface area contributed by atoms with Gasteiger partial charge in [-0.25, -0.2) is 0 Å². The van der Waals surface area contributed by atoms with Crippen LogP contribution in [0.5, 0.6) is 0 Å². The molecule has 102 valence electrons. The number of pyridine rings is 1. The lowest BCUT2D eigenvalue weighted by Gasteiger charge is -2.20. The first-order valence-electron chi connectivity index (χ1n) is 6.27. The minimum atomic E-state index is -0.139. The van der Waals surface area contributed by atoms with Crippen LogP contribution in [0.1, 0.15) is 29.3 Å². The van der Waals surface area contributed by atoms with Crippen molar-refractivity contribution < 1.29 is 9.90 Å². The molecule has 1 aromatic rings. The lowest BCUT2D eigenvalue weighted by Crippen LogP contribution is -2.34. The van der Waals surface area contributed by atoms with E-state index < -0.39 is 0 Å². The van der Waals surface area contributed by atoms with Crippen LogP contribution < -0.4 is 5.73 Å². The summed E-state index contributed by atoms with van der Waals surface area (Å²) in [5, 5.41) is 8.98. The zero-order valence-corrected chi connectivity index (χ0v) is 11.1. The summed E-state index contributed by atoms with van der Waals surface area (Å²) in [4.78, 5) is 17.9. The fraction of sp³-hybridized carbons (Fsp3) is 0.429. The summed E-state index contributed by atoms with van der Waals surface area (Å²) in [6, 6.07) is 1.69. The van der Waals surface area contributed by atoms with Crippen molar-refractivity contribution in [3.8, 4) is 11.8 Å². The number of aliphatic hydroxyl groups excluding tert-OH is 1. The van der Waals surface area contributed by atoms with E-state index in [1.54, 1.807) is 17.2 Å². The molecule has 5 heteroatoms. The van der Waals surface area contributed by atoms with Gasteiger partial charge in [-0.05, 0) is 12.5 Å². The molecule has 0 bridgehead atoms. The Hall–Kier alpha value is -1.90. The standard InChI is InChI=1S/C14H19N3O2/c1-2-6-17(7-8-18)14(19)13-9-12(4-3-5-15)10-16-11-13/h9-11,18H,2,5-8,15H2,1H3. The summed E-state index contributed by atoms with van der Waals surface area (Å²) >= 11 is 0. The summed E-state index contributed by atoms with van der Waals surface area (Å²) < 4.78 is 0. The minimum absolute atomic E-state index is 0.0498. The van der Waals surface area contributed by atoms with Gasteiger partial charge in [-0.15, -0.1) is 0 Å². The molecular formula is C14H19N3O2. The van der Waals surface area contributed by atoms with Crippen molar-refractivity contribution in [3.63, 3.8) is 0 Å². The SMILES string of the molecule is CCCN(CCO)C(=O)c1cncc(C#CCN)c1. The molecular weight excluding hydrogens is 242 g/mol. The molecule has 0 spiro atoms. The number of carbonyl (C=O) groups is 1. The molecule has 19 heavy (non-hydrogen) atoms. The molecule has 0 unspecified atom stereocenters. The summed E-state index contributed by atoms with van der Waals surface area (Å²) in [7, 11) is 0. The third-order valence-electron chi connectivity index (χ3n) is 2.47. The van der Waals surface area contributed by atoms with Crippen LogP contribution in [0.15, 0.2) is 18.5 Å². The Bertz CT molecular complexity index is 471. The van der Waals surface area contributed by atoms with Crippen LogP contribution in [0, 0.1) is 11.8 Å². The van der Waals surface area contributed by atoms with Crippen LogP contribution in [0.25, 0.3) is 0 Å². The Kier molecular flexibility index (Phi) is 6.58. The largest absolute Gasteiger partial charge is 0.395 e. The van der Waals surface area contributed by atoms with E-state index in [4.69, 9.17) is 10.8 Å². The van der Waals surface area contributed by atoms with Crippen LogP contribution in [0.4, 0.5) is 0 Å². The van der Waals surface area contributed by atoms with Gasteiger partial charge in [-0.2, -0.15) is 0 Å². The zero-order valence-electron chi connectivity index (χ0n) is 11.1. The Balaban J connectivity index is 2.91. The predicted molar refractivity (Wildman–Crippen MR) is 73.4 cm³/mol. The van der Waals surface area contributed by atoms with Crippen molar-refractivity contribution in [2.45, 2.75) is 13.3 Å². The van der Waals surface area contributed by atoms with Gasteiger partial charge in [-0.3, -0.25) is 9.78 Å². The highest BCUT2D eigenvalue weighted by Crippen LogP contribution is 2.06. The Morgan fingerprint density at radius 2 is 2.26 bits per heavy atom. The molecule has 1 heterocycles. The molecule has 0 saturated heterocycles. The molecule has 0 aromatic carbocycles. The monoisotopic (exact) mass is 261 g/mol. The van der Waals surface area contributed by atoms with Crippen LogP contribution >= 0.6 is 0 Å². The van der Waals surface area contributed by atoms with Crippen molar-refractivity contribution in [3.05, 3.63) is 29.6 Å². The van der Waals surface area contributed by atoms with Gasteiger partial charge in [0.05, 0.1) is 18.7 Å². The molecule has 0 fully saturated rings. The average molecular weight is 261 g/mol. The van der Waals surface area contributed by atoms with E-state index in [0.717, 1.165) is 6.42 Å². The average Bonchev–Trinajstić information content (AvgIpc) is 2.44. The molecule has 0 aliphatic carbocycles. The van der Waals surface area contributed by atoms with Crippen LogP contribution in [-0.4, -0.2) is 47.1 Å². The normalized spacial score (nSPS) is 9.63. The molecule has 5 nitrogen and oxygen atoms in total. The number of aromatic nitrogens is 1. The van der Waals surface area contributed by atoms with Gasteiger partial charge in [0.1, 0.15) is 0 Å². The molecule has 0 saturated carbocycles. The molecule has 0 atom stereocenters. The maximum Gasteiger partial charge on any atom is 0.255 e. The van der Waals surface area contributed by atoms with Crippen molar-refractivity contribution in [1.82, 2.24) is 9.88 Å². The highest BCUT2D eigenvalue weighted by molar-refractivity contribution is 5.94. The molecule has 0 aliphatic rings. The van der Waals surface area contributed by atoms with Gasteiger partial charge in [0.2, 0.25) is 0 Å². The quantitative estimate of drug-likeness (QED) is 0.744. The second-order valence-electron chi connectivity index (χ2n) is 3.98. The fourth-order valence-electron chi connectivity index (χ4n) is 1.67. The maximum atomic E-state index is 12.3. The molecule has 3 N–H and O–H groups in total. The van der Waals surface area contributed by atoms with E-state index in [0.29, 0.717) is 24.2 Å². The third kappa shape index (κ3) is 4.70. The van der Waals surface area contributed by atoms with Gasteiger partial charge < -0.3 is 15.7 Å². The van der Waals surface area contributed by atoms with Crippen molar-refractivity contribution >= 4 is 5.91 Å². The van der Waals surface area contributed by atoms with Crippen LogP contribution in [0.2, 0.25) is 0 Å². The molecule has 0 radical (unpaired) electrons. The number of rotatable bonds is 5. The van der Waals surface area contributed by atoms with E-state index in [9.17, 15) is 4.79 Å². The molecule has 0 aliphatic heterocycles. The van der Waals surface area contributed by atoms with Gasteiger partial charge in [0, 0.05) is 31.0 Å². The van der Waals surface area contributed by atoms with Gasteiger partial charge in [-0.1, -0.05) is 18.8 Å². The van der Waals surface area contributed by atoms with E-state index >= 15 is 0 Å². The van der Waals surface area contributed by atoms with Crippen molar-refractivity contribution in [2.24, 2.45) is 5.73 Å². The lowest BCUT2D eigenvalue weighted by molar-refractivity contribution is 0.0721. The zero-order chi connectivity index (χ0) is 14.1. The van der Waals surface area contributed by atoms with Crippen molar-refractivity contribution in [1.29, 1.82) is 0 Å². The number of carbonyl (C=O) groups excluding carboxylic acids is 1. The van der Waals surface area contributed by atoms with Gasteiger partial charge >= 0.3 is 0 Å². The number of hydrogen-bond acceptors (Lipinski definition) is 4. The highest BCUT2D eigenvalue weighted by Gasteiger charge is 2.14. The first-order valence-corrected chi connectivity index (χ1v) is 6.27. The maximum absolute atomic E-state index is 12.3. The van der Waals surface area contributed by atoms with Gasteiger partial charge in [0.25, 0.3) is 5.91 Å². The van der Waals surface area contributed by atoms with Crippen LogP contribution in [0.3, 0.4) is 0 Å². The first kappa shape index (κ1) is 15.2. The number of nitrogens with two attached hydrogens (primary N) is 1. The molecule has 1 aromatic heterocycles. The third-order valence-corrected chi connectivity index (χ3v) is 2.47. The fourth-order valence-corrected chi connectivity index (χ4v) is 1.67. The topological polar surface area (TPSA) is 79.5 Å². The van der Waals surface area contributed by atoms with E-state index in [1.807, 2.05) is 6.92 Å². The number of amides is 1. The second kappa shape index (κ2) is 8.25. The Morgan fingerprint density at radius 1 is 1.47 bits per heavy atom. The van der Waals surface area contributed by atoms with E-state index in [-0.39, 0.29) is 19.1 Å². The van der Waals surface area contributed by atoms with Crippen LogP contribution in [-0.2, 0) is 0 Å². The summed E-state index contributed by atoms with van der Waals surface area (Å²) in [6.07, 6.45) is 3.94. The smallest absolute Gasteiger partial charge is 0.255 e. The number of nitrogens with zero attached hydrogens (tertiary/aromatic N) is 2. The van der Waals surface area contributed by atoms with Crippen molar-refractivity contribution in [2.75, 3.05) is 26.2 Å². The molecule has 1 rings (SSSR count). The summed E-state index contributed by atoms with van der Waals surface area (Å²) in [5.41, 5.74) is 6.45. The Morgan fingerprint density at radius 3 is 2.89 bits per heavy atom. The number of hydrogen-bond donors (Lipinski definition) is 2. The predicted octanol–water partition coefficient (Wildman–Crippen LogP) is 0.236. The number of aliphatic hydroxyl groups is 1. The van der Waals surface area contributed by atoms with E-state index in [2.05, 4.69) is 16.8 Å². The molecule has 1 amide bonds.